The van der Waals surface area contributed by atoms with Crippen LogP contribution in [0.5, 0.6) is 0 Å². The molecule has 2 aromatic carbocycles. The van der Waals surface area contributed by atoms with Crippen molar-refractivity contribution in [2.24, 2.45) is 11.8 Å². The molecule has 1 aliphatic carbocycles. The summed E-state index contributed by atoms with van der Waals surface area (Å²) < 4.78 is 27.2. The third kappa shape index (κ3) is 5.62. The molecule has 33 heavy (non-hydrogen) atoms. The highest BCUT2D eigenvalue weighted by molar-refractivity contribution is 7.89. The fourth-order valence-electron chi connectivity index (χ4n) is 4.08. The summed E-state index contributed by atoms with van der Waals surface area (Å²) in [6.45, 7) is 4.51. The number of rotatable bonds is 7. The largest absolute Gasteiger partial charge is 0.349 e. The summed E-state index contributed by atoms with van der Waals surface area (Å²) in [6.07, 6.45) is 2.92. The van der Waals surface area contributed by atoms with Crippen LogP contribution in [0.1, 0.15) is 49.8 Å². The van der Waals surface area contributed by atoms with Gasteiger partial charge < -0.3 is 10.6 Å². The predicted octanol–water partition coefficient (Wildman–Crippen LogP) is 3.62. The van der Waals surface area contributed by atoms with Crippen LogP contribution in [0.15, 0.2) is 53.4 Å². The lowest BCUT2D eigenvalue weighted by Crippen LogP contribution is -2.43. The minimum Gasteiger partial charge on any atom is -0.349 e. The van der Waals surface area contributed by atoms with Gasteiger partial charge in [-0.2, -0.15) is 4.31 Å². The molecule has 176 valence electrons. The molecule has 0 bridgehead atoms. The van der Waals surface area contributed by atoms with Crippen LogP contribution < -0.4 is 10.6 Å². The van der Waals surface area contributed by atoms with Crippen LogP contribution in [0, 0.1) is 18.8 Å². The molecule has 1 heterocycles. The average Bonchev–Trinajstić information content (AvgIpc) is 3.65. The maximum absolute atomic E-state index is 12.9. The van der Waals surface area contributed by atoms with E-state index < -0.39 is 10.0 Å². The number of nitrogens with one attached hydrogen (secondary N) is 2. The van der Waals surface area contributed by atoms with Gasteiger partial charge in [-0.1, -0.05) is 29.8 Å². The molecule has 2 amide bonds. The van der Waals surface area contributed by atoms with Gasteiger partial charge in [-0.05, 0) is 69.4 Å². The molecule has 0 radical (unpaired) electrons. The van der Waals surface area contributed by atoms with Crippen molar-refractivity contribution in [3.8, 4) is 0 Å². The Morgan fingerprint density at radius 3 is 2.03 bits per heavy atom. The molecule has 4 rings (SSSR count). The molecule has 1 aliphatic heterocycles. The van der Waals surface area contributed by atoms with Crippen LogP contribution >= 0.6 is 0 Å². The van der Waals surface area contributed by atoms with Crippen LogP contribution in [0.2, 0.25) is 0 Å². The molecule has 1 saturated heterocycles. The molecule has 8 heteroatoms. The predicted molar refractivity (Wildman–Crippen MR) is 127 cm³/mol. The second kappa shape index (κ2) is 9.65. The standard InChI is InChI=1S/C25H31N3O4S/c1-17-3-11-23(12-4-17)33(31,32)28-15-13-21(14-16-28)24(29)26-18(2)19-7-9-22(10-8-19)27-25(30)20-5-6-20/h3-4,7-12,18,20-21H,5-6,13-16H2,1-2H3,(H,26,29)(H,27,30). The zero-order chi connectivity index (χ0) is 23.6. The minimum atomic E-state index is -3.54. The lowest BCUT2D eigenvalue weighted by molar-refractivity contribution is -0.126. The van der Waals surface area contributed by atoms with Crippen molar-refractivity contribution >= 4 is 27.5 Å². The second-order valence-corrected chi connectivity index (χ2v) is 11.0. The maximum Gasteiger partial charge on any atom is 0.243 e. The highest BCUT2D eigenvalue weighted by Gasteiger charge is 2.32. The van der Waals surface area contributed by atoms with Crippen molar-refractivity contribution in [2.45, 2.75) is 50.5 Å². The molecule has 1 unspecified atom stereocenters. The summed E-state index contributed by atoms with van der Waals surface area (Å²) >= 11 is 0. The van der Waals surface area contributed by atoms with E-state index in [4.69, 9.17) is 0 Å². The van der Waals surface area contributed by atoms with Crippen LogP contribution in [0.25, 0.3) is 0 Å². The van der Waals surface area contributed by atoms with E-state index in [9.17, 15) is 18.0 Å². The Bertz CT molecular complexity index is 1100. The van der Waals surface area contributed by atoms with Crippen molar-refractivity contribution in [3.63, 3.8) is 0 Å². The Balaban J connectivity index is 1.28. The molecule has 2 N–H and O–H groups in total. The van der Waals surface area contributed by atoms with Gasteiger partial charge in [-0.3, -0.25) is 9.59 Å². The van der Waals surface area contributed by atoms with Crippen molar-refractivity contribution in [2.75, 3.05) is 18.4 Å². The van der Waals surface area contributed by atoms with E-state index in [1.165, 1.54) is 4.31 Å². The molecular formula is C25H31N3O4S. The molecule has 2 fully saturated rings. The number of benzene rings is 2. The molecule has 7 nitrogen and oxygen atoms in total. The van der Waals surface area contributed by atoms with Gasteiger partial charge in [0.1, 0.15) is 0 Å². The normalized spacial score (nSPS) is 18.5. The van der Waals surface area contributed by atoms with Crippen LogP contribution in [0.4, 0.5) is 5.69 Å². The number of carbonyl (C=O) groups is 2. The molecular weight excluding hydrogens is 438 g/mol. The fraction of sp³-hybridized carbons (Fsp3) is 0.440. The van der Waals surface area contributed by atoms with Crippen molar-refractivity contribution in [1.29, 1.82) is 0 Å². The SMILES string of the molecule is Cc1ccc(S(=O)(=O)N2CCC(C(=O)NC(C)c3ccc(NC(=O)C4CC4)cc3)CC2)cc1. The van der Waals surface area contributed by atoms with Crippen molar-refractivity contribution in [3.05, 3.63) is 59.7 Å². The Hall–Kier alpha value is -2.71. The van der Waals surface area contributed by atoms with E-state index in [1.54, 1.807) is 24.3 Å². The third-order valence-electron chi connectivity index (χ3n) is 6.47. The first-order chi connectivity index (χ1) is 15.7. The highest BCUT2D eigenvalue weighted by atomic mass is 32.2. The number of sulfonamides is 1. The van der Waals surface area contributed by atoms with Crippen molar-refractivity contribution in [1.82, 2.24) is 9.62 Å². The van der Waals surface area contributed by atoms with Gasteiger partial charge in [0.15, 0.2) is 0 Å². The summed E-state index contributed by atoms with van der Waals surface area (Å²) in [5.74, 6) is -0.0453. The van der Waals surface area contributed by atoms with E-state index in [2.05, 4.69) is 10.6 Å². The number of carbonyl (C=O) groups excluding carboxylic acids is 2. The first-order valence-electron chi connectivity index (χ1n) is 11.5. The lowest BCUT2D eigenvalue weighted by atomic mass is 9.96. The summed E-state index contributed by atoms with van der Waals surface area (Å²) in [7, 11) is -3.54. The van der Waals surface area contributed by atoms with Gasteiger partial charge in [0.2, 0.25) is 21.8 Å². The van der Waals surface area contributed by atoms with E-state index in [0.717, 1.165) is 29.7 Å². The Morgan fingerprint density at radius 2 is 1.45 bits per heavy atom. The smallest absolute Gasteiger partial charge is 0.243 e. The number of hydrogen-bond donors (Lipinski definition) is 2. The number of anilines is 1. The highest BCUT2D eigenvalue weighted by Crippen LogP contribution is 2.30. The number of aryl methyl sites for hydroxylation is 1. The van der Waals surface area contributed by atoms with Crippen molar-refractivity contribution < 1.29 is 18.0 Å². The summed E-state index contributed by atoms with van der Waals surface area (Å²) in [6, 6.07) is 14.2. The van der Waals surface area contributed by atoms with Gasteiger partial charge in [0.25, 0.3) is 0 Å². The first kappa shape index (κ1) is 23.4. The molecule has 0 aromatic heterocycles. The Morgan fingerprint density at radius 1 is 0.879 bits per heavy atom. The zero-order valence-electron chi connectivity index (χ0n) is 19.1. The topological polar surface area (TPSA) is 95.6 Å². The Kier molecular flexibility index (Phi) is 6.86. The molecule has 1 atom stereocenters. The minimum absolute atomic E-state index is 0.0546. The summed E-state index contributed by atoms with van der Waals surface area (Å²) in [5, 5.41) is 5.96. The second-order valence-electron chi connectivity index (χ2n) is 9.11. The number of nitrogens with zero attached hydrogens (tertiary/aromatic N) is 1. The maximum atomic E-state index is 12.9. The summed E-state index contributed by atoms with van der Waals surface area (Å²) in [4.78, 5) is 25.0. The van der Waals surface area contributed by atoms with E-state index in [-0.39, 0.29) is 29.7 Å². The fourth-order valence-corrected chi connectivity index (χ4v) is 5.55. The van der Waals surface area contributed by atoms with Gasteiger partial charge in [0.05, 0.1) is 10.9 Å². The third-order valence-corrected chi connectivity index (χ3v) is 8.38. The van der Waals surface area contributed by atoms with Gasteiger partial charge in [-0.15, -0.1) is 0 Å². The number of amides is 2. The van der Waals surface area contributed by atoms with Crippen LogP contribution in [0.3, 0.4) is 0 Å². The first-order valence-corrected chi connectivity index (χ1v) is 13.0. The van der Waals surface area contributed by atoms with E-state index in [0.29, 0.717) is 30.8 Å². The zero-order valence-corrected chi connectivity index (χ0v) is 19.9. The van der Waals surface area contributed by atoms with Gasteiger partial charge in [-0.25, -0.2) is 8.42 Å². The molecule has 0 spiro atoms. The van der Waals surface area contributed by atoms with E-state index >= 15 is 0 Å². The van der Waals surface area contributed by atoms with Crippen LogP contribution in [-0.2, 0) is 19.6 Å². The van der Waals surface area contributed by atoms with Gasteiger partial charge in [0, 0.05) is 30.6 Å². The van der Waals surface area contributed by atoms with Gasteiger partial charge >= 0.3 is 0 Å². The number of piperidine rings is 1. The quantitative estimate of drug-likeness (QED) is 0.647. The summed E-state index contributed by atoms with van der Waals surface area (Å²) in [5.41, 5.74) is 2.72. The van der Waals surface area contributed by atoms with E-state index in [1.807, 2.05) is 38.1 Å². The molecule has 1 saturated carbocycles. The average molecular weight is 470 g/mol. The lowest BCUT2D eigenvalue weighted by Gasteiger charge is -2.31. The number of hydrogen-bond acceptors (Lipinski definition) is 4. The Labute approximate surface area is 195 Å². The molecule has 2 aliphatic rings. The monoisotopic (exact) mass is 469 g/mol. The molecule has 2 aromatic rings. The van der Waals surface area contributed by atoms with Crippen LogP contribution in [-0.4, -0.2) is 37.6 Å².